The molecule has 2 unspecified atom stereocenters. The number of hydrogen-bond acceptors (Lipinski definition) is 5. The fraction of sp³-hybridized carbons (Fsp3) is 1.00. The van der Waals surface area contributed by atoms with Gasteiger partial charge in [-0.25, -0.2) is 0 Å². The Morgan fingerprint density at radius 2 is 0.800 bits per heavy atom. The van der Waals surface area contributed by atoms with Crippen LogP contribution in [0.25, 0.3) is 0 Å². The average molecular weight is 756 g/mol. The van der Waals surface area contributed by atoms with Crippen LogP contribution in [0.3, 0.4) is 0 Å². The summed E-state index contributed by atoms with van der Waals surface area (Å²) >= 11 is 0. The lowest BCUT2D eigenvalue weighted by Crippen LogP contribution is -2.60. The Balaban J connectivity index is 0. The van der Waals surface area contributed by atoms with Gasteiger partial charge in [0.15, 0.2) is 0 Å². The van der Waals surface area contributed by atoms with Crippen LogP contribution in [0.1, 0.15) is 201 Å². The van der Waals surface area contributed by atoms with Crippen molar-refractivity contribution in [1.82, 2.24) is 4.90 Å². The monoisotopic (exact) mass is 756 g/mol. The molecule has 50 heavy (non-hydrogen) atoms. The molecule has 0 aliphatic carbocycles. The van der Waals surface area contributed by atoms with Gasteiger partial charge in [-0.2, -0.15) is 16.8 Å². The van der Waals surface area contributed by atoms with Crippen molar-refractivity contribution >= 4 is 20.2 Å². The molecule has 0 fully saturated rings. The number of unbranched alkanes of at least 4 members (excludes halogenated alkanes) is 24. The molecule has 0 heterocycles. The maximum Gasteiger partial charge on any atom is 0.265 e. The molecule has 0 saturated heterocycles. The van der Waals surface area contributed by atoms with E-state index >= 15 is 0 Å². The second-order valence-electron chi connectivity index (χ2n) is 15.9. The predicted molar refractivity (Wildman–Crippen MR) is 217 cm³/mol. The maximum atomic E-state index is 12.0. The van der Waals surface area contributed by atoms with E-state index in [0.29, 0.717) is 6.42 Å². The lowest BCUT2D eigenvalue weighted by atomic mass is 9.96. The Bertz CT molecular complexity index is 941. The van der Waals surface area contributed by atoms with E-state index in [1.165, 1.54) is 154 Å². The number of nitrogens with zero attached hydrogens (tertiary/aromatic N) is 2. The molecule has 0 aromatic rings. The number of rotatable bonds is 35. The summed E-state index contributed by atoms with van der Waals surface area (Å²) in [4.78, 5) is 2.21. The molecule has 0 aliphatic rings. The first-order valence-corrected chi connectivity index (χ1v) is 24.2. The van der Waals surface area contributed by atoms with Gasteiger partial charge in [0.05, 0.1) is 32.1 Å². The SMILES string of the molecule is CCCCCCCCCCCCCCCC[N+](C)(C)C(C(CCCCCCCCCCCCCC)CS(=O)(=O)O)N(C)C.CCCS(=O)(=O)O. The van der Waals surface area contributed by atoms with Crippen LogP contribution in [0.5, 0.6) is 0 Å². The highest BCUT2D eigenvalue weighted by Gasteiger charge is 2.39. The highest BCUT2D eigenvalue weighted by atomic mass is 32.2. The first-order valence-electron chi connectivity index (χ1n) is 21.0. The van der Waals surface area contributed by atoms with Gasteiger partial charge in [-0.1, -0.05) is 175 Å². The van der Waals surface area contributed by atoms with Crippen molar-refractivity contribution in [1.29, 1.82) is 0 Å². The Labute approximate surface area is 313 Å². The minimum Gasteiger partial charge on any atom is -0.313 e. The van der Waals surface area contributed by atoms with Gasteiger partial charge < -0.3 is 4.48 Å². The topological polar surface area (TPSA) is 112 Å². The molecule has 0 aromatic heterocycles. The van der Waals surface area contributed by atoms with Crippen molar-refractivity contribution in [2.24, 2.45) is 5.92 Å². The molecule has 0 rings (SSSR count). The predicted octanol–water partition coefficient (Wildman–Crippen LogP) is 11.3. The summed E-state index contributed by atoms with van der Waals surface area (Å²) in [6, 6.07) is 0. The first-order chi connectivity index (χ1) is 23.6. The Kier molecular flexibility index (Phi) is 34.5. The van der Waals surface area contributed by atoms with Crippen molar-refractivity contribution in [3.05, 3.63) is 0 Å². The second-order valence-corrected chi connectivity index (χ2v) is 19.0. The van der Waals surface area contributed by atoms with Gasteiger partial charge in [0.1, 0.15) is 6.17 Å². The third-order valence-corrected chi connectivity index (χ3v) is 11.8. The zero-order valence-corrected chi connectivity index (χ0v) is 35.9. The second kappa shape index (κ2) is 33.3. The standard InChI is InChI=1S/C37H78N2O3S.C3H8O3S/c1-7-9-11-13-15-17-19-21-22-24-26-28-30-32-34-39(5,6)37(38(3)4)36(35-43(40,41)42)33-31-29-27-25-23-20-18-16-14-12-10-8-2;1-2-3-7(4,5)6/h36-37H,7-35H2,1-6H3;2-3H2,1H3,(H,4,5,6)/p+1. The van der Waals surface area contributed by atoms with Crippen LogP contribution in [0, 0.1) is 5.92 Å². The minimum absolute atomic E-state index is 0.0604. The van der Waals surface area contributed by atoms with Gasteiger partial charge in [-0.05, 0) is 39.8 Å². The molecule has 0 amide bonds. The van der Waals surface area contributed by atoms with E-state index in [1.54, 1.807) is 6.92 Å². The van der Waals surface area contributed by atoms with Crippen LogP contribution in [0.15, 0.2) is 0 Å². The smallest absolute Gasteiger partial charge is 0.265 e. The largest absolute Gasteiger partial charge is 0.313 e. The Morgan fingerprint density at radius 1 is 0.480 bits per heavy atom. The normalized spacial score (nSPS) is 13.7. The zero-order chi connectivity index (χ0) is 38.2. The molecule has 0 spiro atoms. The molecule has 2 atom stereocenters. The van der Waals surface area contributed by atoms with Gasteiger partial charge in [-0.3, -0.25) is 14.0 Å². The molecule has 0 bridgehead atoms. The zero-order valence-electron chi connectivity index (χ0n) is 34.3. The summed E-state index contributed by atoms with van der Waals surface area (Å²) in [7, 11) is 0.980. The van der Waals surface area contributed by atoms with Gasteiger partial charge >= 0.3 is 0 Å². The summed E-state index contributed by atoms with van der Waals surface area (Å²) in [6.45, 7) is 7.29. The molecule has 0 aromatic carbocycles. The molecule has 0 radical (unpaired) electrons. The summed E-state index contributed by atoms with van der Waals surface area (Å²) < 4.78 is 62.3. The van der Waals surface area contributed by atoms with Gasteiger partial charge in [0, 0.05) is 5.92 Å². The van der Waals surface area contributed by atoms with Crippen LogP contribution >= 0.6 is 0 Å². The number of quaternary nitrogens is 1. The third kappa shape index (κ3) is 36.1. The molecular weight excluding hydrogens is 669 g/mol. The number of hydrogen-bond donors (Lipinski definition) is 2. The molecule has 304 valence electrons. The minimum atomic E-state index is -4.01. The van der Waals surface area contributed by atoms with Gasteiger partial charge in [-0.15, -0.1) is 0 Å². The molecule has 0 saturated carbocycles. The van der Waals surface area contributed by atoms with Crippen LogP contribution in [0.2, 0.25) is 0 Å². The lowest BCUT2D eigenvalue weighted by molar-refractivity contribution is -0.930. The van der Waals surface area contributed by atoms with Crippen LogP contribution in [-0.2, 0) is 20.2 Å². The van der Waals surface area contributed by atoms with Crippen LogP contribution in [-0.4, -0.2) is 87.7 Å². The van der Waals surface area contributed by atoms with Crippen molar-refractivity contribution in [3.8, 4) is 0 Å². The van der Waals surface area contributed by atoms with Crippen molar-refractivity contribution < 1.29 is 30.4 Å². The summed E-state index contributed by atoms with van der Waals surface area (Å²) in [5.74, 6) is -0.323. The fourth-order valence-electron chi connectivity index (χ4n) is 7.56. The Hall–Kier alpha value is -0.260. The van der Waals surface area contributed by atoms with Crippen molar-refractivity contribution in [2.75, 3.05) is 46.2 Å². The van der Waals surface area contributed by atoms with Gasteiger partial charge in [0.2, 0.25) is 0 Å². The van der Waals surface area contributed by atoms with E-state index in [0.717, 1.165) is 30.3 Å². The maximum absolute atomic E-state index is 12.0. The third-order valence-electron chi connectivity index (χ3n) is 10.1. The molecule has 2 N–H and O–H groups in total. The van der Waals surface area contributed by atoms with Crippen molar-refractivity contribution in [3.63, 3.8) is 0 Å². The summed E-state index contributed by atoms with van der Waals surface area (Å²) in [5.41, 5.74) is 0. The van der Waals surface area contributed by atoms with E-state index < -0.39 is 20.2 Å². The van der Waals surface area contributed by atoms with E-state index in [9.17, 15) is 21.4 Å². The van der Waals surface area contributed by atoms with E-state index in [-0.39, 0.29) is 23.6 Å². The molecular formula is C40H87N2O6S2+. The fourth-order valence-corrected chi connectivity index (χ4v) is 8.95. The summed E-state index contributed by atoms with van der Waals surface area (Å²) in [6.07, 6.45) is 36.1. The molecule has 10 heteroatoms. The van der Waals surface area contributed by atoms with Gasteiger partial charge in [0.25, 0.3) is 20.2 Å². The van der Waals surface area contributed by atoms with Crippen LogP contribution in [0.4, 0.5) is 0 Å². The summed E-state index contributed by atoms with van der Waals surface area (Å²) in [5, 5.41) is 0. The quantitative estimate of drug-likeness (QED) is 0.0287. The van der Waals surface area contributed by atoms with E-state index in [2.05, 4.69) is 46.9 Å². The van der Waals surface area contributed by atoms with E-state index in [1.807, 2.05) is 0 Å². The lowest BCUT2D eigenvalue weighted by Gasteiger charge is -2.45. The molecule has 8 nitrogen and oxygen atoms in total. The Morgan fingerprint density at radius 3 is 1.06 bits per heavy atom. The van der Waals surface area contributed by atoms with Crippen molar-refractivity contribution in [2.45, 2.75) is 207 Å². The molecule has 0 aliphatic heterocycles. The highest BCUT2D eigenvalue weighted by Crippen LogP contribution is 2.27. The van der Waals surface area contributed by atoms with E-state index in [4.69, 9.17) is 4.55 Å². The highest BCUT2D eigenvalue weighted by molar-refractivity contribution is 7.86. The first kappa shape index (κ1) is 51.8. The van der Waals surface area contributed by atoms with Crippen LogP contribution < -0.4 is 0 Å². The average Bonchev–Trinajstić information content (AvgIpc) is 3.00.